The lowest BCUT2D eigenvalue weighted by Crippen LogP contribution is -2.27. The molecule has 0 fully saturated rings. The van der Waals surface area contributed by atoms with Crippen LogP contribution in [0.25, 0.3) is 0 Å². The average Bonchev–Trinajstić information content (AvgIpc) is 2.14. The number of nitrogens with two attached hydrogens (primary N) is 1. The van der Waals surface area contributed by atoms with E-state index in [1.54, 1.807) is 11.8 Å². The van der Waals surface area contributed by atoms with Crippen LogP contribution in [0.5, 0.6) is 0 Å². The van der Waals surface area contributed by atoms with Gasteiger partial charge in [-0.05, 0) is 5.41 Å². The minimum Gasteiger partial charge on any atom is -0.323 e. The van der Waals surface area contributed by atoms with E-state index < -0.39 is 0 Å². The van der Waals surface area contributed by atoms with E-state index in [9.17, 15) is 0 Å². The summed E-state index contributed by atoms with van der Waals surface area (Å²) in [7, 11) is 0. The van der Waals surface area contributed by atoms with Crippen LogP contribution in [0.1, 0.15) is 0 Å². The molecule has 3 N–H and O–H groups in total. The predicted molar refractivity (Wildman–Crippen MR) is 37.3 cm³/mol. The minimum absolute atomic E-state index is 0.0671. The number of thioether (sulfide) groups is 1. The van der Waals surface area contributed by atoms with Crippen molar-refractivity contribution in [2.45, 2.75) is 11.3 Å². The van der Waals surface area contributed by atoms with Gasteiger partial charge in [0.05, 0.1) is 5.25 Å². The van der Waals surface area contributed by atoms with Crippen molar-refractivity contribution in [1.82, 2.24) is 0 Å². The first-order valence-corrected chi connectivity index (χ1v) is 3.37. The first-order valence-electron chi connectivity index (χ1n) is 2.43. The Labute approximate surface area is 52.7 Å². The zero-order valence-corrected chi connectivity index (χ0v) is 5.19. The van der Waals surface area contributed by atoms with E-state index in [1.807, 2.05) is 11.5 Å². The first-order chi connectivity index (χ1) is 3.84. The Hall–Kier alpha value is -0.280. The number of hydrogen-bond acceptors (Lipinski definition) is 3. The molecule has 0 radical (unpaired) electrons. The maximum atomic E-state index is 6.86. The lowest BCUT2D eigenvalue weighted by Gasteiger charge is -2.04. The second-order valence-corrected chi connectivity index (χ2v) is 2.76. The molecule has 1 aliphatic rings. The van der Waals surface area contributed by atoms with Gasteiger partial charge in [0.2, 0.25) is 0 Å². The Kier molecular flexibility index (Phi) is 1.70. The van der Waals surface area contributed by atoms with Gasteiger partial charge in [-0.3, -0.25) is 0 Å². The van der Waals surface area contributed by atoms with Gasteiger partial charge in [-0.2, -0.15) is 0 Å². The van der Waals surface area contributed by atoms with Gasteiger partial charge in [-0.15, -0.1) is 11.8 Å². The molecule has 2 unspecified atom stereocenters. The first kappa shape index (κ1) is 5.85. The number of hydrogen-bond donors (Lipinski definition) is 2. The second-order valence-electron chi connectivity index (χ2n) is 1.67. The summed E-state index contributed by atoms with van der Waals surface area (Å²) in [6.45, 7) is 0. The smallest absolute Gasteiger partial charge is 0.0621 e. The molecule has 2 atom stereocenters. The number of nitrogens with one attached hydrogen (secondary N) is 1. The van der Waals surface area contributed by atoms with Gasteiger partial charge < -0.3 is 11.1 Å². The highest BCUT2D eigenvalue weighted by Crippen LogP contribution is 2.20. The van der Waals surface area contributed by atoms with Crippen LogP contribution >= 0.6 is 11.8 Å². The monoisotopic (exact) mass is 128 g/mol. The average molecular weight is 128 g/mol. The topological polar surface area (TPSA) is 49.9 Å². The quantitative estimate of drug-likeness (QED) is 0.508. The summed E-state index contributed by atoms with van der Waals surface area (Å²) in [5.74, 6) is 0. The molecule has 1 heterocycles. The zero-order valence-electron chi connectivity index (χ0n) is 4.37. The van der Waals surface area contributed by atoms with Crippen molar-refractivity contribution in [2.24, 2.45) is 5.73 Å². The molecule has 0 amide bonds. The van der Waals surface area contributed by atoms with Gasteiger partial charge in [-0.25, -0.2) is 0 Å². The number of rotatable bonds is 1. The van der Waals surface area contributed by atoms with E-state index in [1.165, 1.54) is 6.21 Å². The molecule has 1 aliphatic heterocycles. The predicted octanol–water partition coefficient (Wildman–Crippen LogP) is 0.592. The SMILES string of the molecule is N=CC1SC=CC1N. The van der Waals surface area contributed by atoms with Crippen LogP contribution < -0.4 is 5.73 Å². The van der Waals surface area contributed by atoms with Gasteiger partial charge in [0, 0.05) is 12.3 Å². The highest BCUT2D eigenvalue weighted by atomic mass is 32.2. The highest BCUT2D eigenvalue weighted by Gasteiger charge is 2.15. The minimum atomic E-state index is 0.0671. The molecule has 0 aromatic carbocycles. The molecule has 8 heavy (non-hydrogen) atoms. The fourth-order valence-electron chi connectivity index (χ4n) is 0.577. The van der Waals surface area contributed by atoms with Crippen LogP contribution in [0.3, 0.4) is 0 Å². The van der Waals surface area contributed by atoms with Gasteiger partial charge in [0.15, 0.2) is 0 Å². The van der Waals surface area contributed by atoms with Crippen molar-refractivity contribution >= 4 is 18.0 Å². The third-order valence-corrected chi connectivity index (χ3v) is 2.16. The van der Waals surface area contributed by atoms with Crippen molar-refractivity contribution in [1.29, 1.82) is 5.41 Å². The molecule has 0 saturated heterocycles. The standard InChI is InChI=1S/C5H8N2S/c6-3-5-4(7)1-2-8-5/h1-6H,7H2. The summed E-state index contributed by atoms with van der Waals surface area (Å²) in [6, 6.07) is 0.0671. The summed E-state index contributed by atoms with van der Waals surface area (Å²) in [6.07, 6.45) is 3.30. The Balaban J connectivity index is 2.50. The summed E-state index contributed by atoms with van der Waals surface area (Å²) < 4.78 is 0. The molecule has 0 spiro atoms. The Morgan fingerprint density at radius 2 is 2.50 bits per heavy atom. The molecule has 0 saturated carbocycles. The van der Waals surface area contributed by atoms with E-state index in [-0.39, 0.29) is 11.3 Å². The van der Waals surface area contributed by atoms with Crippen LogP contribution in [0.15, 0.2) is 11.5 Å². The third-order valence-electron chi connectivity index (χ3n) is 1.08. The summed E-state index contributed by atoms with van der Waals surface area (Å²) in [5.41, 5.74) is 5.53. The molecule has 0 bridgehead atoms. The van der Waals surface area contributed by atoms with Crippen molar-refractivity contribution in [3.63, 3.8) is 0 Å². The Bertz CT molecular complexity index is 122. The maximum Gasteiger partial charge on any atom is 0.0621 e. The van der Waals surface area contributed by atoms with Gasteiger partial charge in [0.1, 0.15) is 0 Å². The van der Waals surface area contributed by atoms with Crippen molar-refractivity contribution in [3.05, 3.63) is 11.5 Å². The van der Waals surface area contributed by atoms with Gasteiger partial charge in [0.25, 0.3) is 0 Å². The van der Waals surface area contributed by atoms with E-state index in [4.69, 9.17) is 11.1 Å². The van der Waals surface area contributed by atoms with E-state index in [0.717, 1.165) is 0 Å². The second kappa shape index (κ2) is 2.33. The van der Waals surface area contributed by atoms with Crippen LogP contribution in [0.4, 0.5) is 0 Å². The fourth-order valence-corrected chi connectivity index (χ4v) is 1.38. The molecule has 1 rings (SSSR count). The summed E-state index contributed by atoms with van der Waals surface area (Å²) >= 11 is 1.60. The van der Waals surface area contributed by atoms with Gasteiger partial charge >= 0.3 is 0 Å². The van der Waals surface area contributed by atoms with Gasteiger partial charge in [-0.1, -0.05) is 6.08 Å². The molecule has 44 valence electrons. The lowest BCUT2D eigenvalue weighted by atomic mass is 10.2. The molecule has 2 nitrogen and oxygen atoms in total. The zero-order chi connectivity index (χ0) is 5.98. The third kappa shape index (κ3) is 0.928. The van der Waals surface area contributed by atoms with E-state index in [0.29, 0.717) is 0 Å². The van der Waals surface area contributed by atoms with Crippen LogP contribution in [0, 0.1) is 5.41 Å². The van der Waals surface area contributed by atoms with Crippen molar-refractivity contribution in [3.8, 4) is 0 Å². The molecular formula is C5H8N2S. The molecule has 0 aliphatic carbocycles. The Morgan fingerprint density at radius 1 is 1.75 bits per heavy atom. The summed E-state index contributed by atoms with van der Waals surface area (Å²) in [5, 5.41) is 9.00. The lowest BCUT2D eigenvalue weighted by molar-refractivity contribution is 0.895. The normalized spacial score (nSPS) is 35.6. The Morgan fingerprint density at radius 3 is 2.75 bits per heavy atom. The molecule has 0 aromatic rings. The molecular weight excluding hydrogens is 120 g/mol. The van der Waals surface area contributed by atoms with Crippen LogP contribution in [-0.2, 0) is 0 Å². The largest absolute Gasteiger partial charge is 0.323 e. The van der Waals surface area contributed by atoms with Crippen LogP contribution in [-0.4, -0.2) is 17.5 Å². The maximum absolute atomic E-state index is 6.86. The van der Waals surface area contributed by atoms with Crippen molar-refractivity contribution in [2.75, 3.05) is 0 Å². The van der Waals surface area contributed by atoms with Crippen LogP contribution in [0.2, 0.25) is 0 Å². The molecule has 3 heteroatoms. The highest BCUT2D eigenvalue weighted by molar-refractivity contribution is 8.03. The van der Waals surface area contributed by atoms with E-state index >= 15 is 0 Å². The fraction of sp³-hybridized carbons (Fsp3) is 0.400. The van der Waals surface area contributed by atoms with E-state index in [2.05, 4.69) is 0 Å². The van der Waals surface area contributed by atoms with Crippen molar-refractivity contribution < 1.29 is 0 Å². The summed E-state index contributed by atoms with van der Waals surface area (Å²) in [4.78, 5) is 0. The molecule has 0 aromatic heterocycles.